The highest BCUT2D eigenvalue weighted by Gasteiger charge is 2.37. The number of likely N-dealkylation sites (N-methyl/N-ethyl adjacent to an activating group) is 1. The van der Waals surface area contributed by atoms with E-state index in [2.05, 4.69) is 26.2 Å². The molecular formula is C8H15BrN4O3S. The Bertz CT molecular complexity index is 491. The molecule has 0 bridgehead atoms. The summed E-state index contributed by atoms with van der Waals surface area (Å²) < 4.78 is 27.1. The smallest absolute Gasteiger partial charge is 0.263 e. The number of rotatable bonds is 4. The second-order valence-corrected chi connectivity index (χ2v) is 6.89. The van der Waals surface area contributed by atoms with Gasteiger partial charge in [-0.15, -0.1) is 5.10 Å². The summed E-state index contributed by atoms with van der Waals surface area (Å²) in [7, 11) is -0.864. The molecule has 1 rings (SSSR count). The van der Waals surface area contributed by atoms with Crippen LogP contribution in [-0.2, 0) is 17.1 Å². The molecule has 1 aromatic heterocycles. The minimum atomic E-state index is -3.76. The minimum Gasteiger partial charge on any atom is -0.394 e. The normalized spacial score (nSPS) is 13.4. The van der Waals surface area contributed by atoms with Crippen molar-refractivity contribution in [3.8, 4) is 0 Å². The molecule has 17 heavy (non-hydrogen) atoms. The third kappa shape index (κ3) is 2.51. The second-order valence-electron chi connectivity index (χ2n) is 4.25. The van der Waals surface area contributed by atoms with Gasteiger partial charge < -0.3 is 5.11 Å². The van der Waals surface area contributed by atoms with Gasteiger partial charge in [-0.2, -0.15) is 4.31 Å². The summed E-state index contributed by atoms with van der Waals surface area (Å²) in [6, 6.07) is 0. The monoisotopic (exact) mass is 326 g/mol. The predicted octanol–water partition coefficient (Wildman–Crippen LogP) is -0.0310. The van der Waals surface area contributed by atoms with Crippen LogP contribution in [0, 0.1) is 0 Å². The van der Waals surface area contributed by atoms with Crippen LogP contribution >= 0.6 is 15.9 Å². The number of hydrogen-bond donors (Lipinski definition) is 1. The molecular weight excluding hydrogens is 312 g/mol. The van der Waals surface area contributed by atoms with Gasteiger partial charge in [0.05, 0.1) is 12.1 Å². The lowest BCUT2D eigenvalue weighted by atomic mass is 10.1. The molecule has 0 fully saturated rings. The van der Waals surface area contributed by atoms with Gasteiger partial charge in [-0.25, -0.2) is 13.1 Å². The van der Waals surface area contributed by atoms with Crippen LogP contribution in [0.2, 0.25) is 0 Å². The molecule has 0 spiro atoms. The first-order chi connectivity index (χ1) is 7.64. The first kappa shape index (κ1) is 14.6. The fourth-order valence-corrected chi connectivity index (χ4v) is 3.68. The number of halogens is 1. The van der Waals surface area contributed by atoms with Gasteiger partial charge in [0.25, 0.3) is 10.0 Å². The van der Waals surface area contributed by atoms with Crippen LogP contribution in [0.1, 0.15) is 13.8 Å². The molecule has 7 nitrogen and oxygen atoms in total. The van der Waals surface area contributed by atoms with Crippen molar-refractivity contribution in [2.24, 2.45) is 7.05 Å². The maximum absolute atomic E-state index is 12.3. The van der Waals surface area contributed by atoms with Crippen LogP contribution < -0.4 is 0 Å². The number of sulfonamides is 1. The maximum Gasteiger partial charge on any atom is 0.263 e. The molecule has 0 saturated heterocycles. The summed E-state index contributed by atoms with van der Waals surface area (Å²) in [5, 5.41) is 16.4. The van der Waals surface area contributed by atoms with Crippen LogP contribution in [0.25, 0.3) is 0 Å². The van der Waals surface area contributed by atoms with Crippen LogP contribution in [0.5, 0.6) is 0 Å². The summed E-state index contributed by atoms with van der Waals surface area (Å²) in [6.45, 7) is 2.97. The molecule has 0 radical (unpaired) electrons. The van der Waals surface area contributed by atoms with Gasteiger partial charge in [0, 0.05) is 14.1 Å². The van der Waals surface area contributed by atoms with Crippen LogP contribution in [0.15, 0.2) is 9.63 Å². The largest absolute Gasteiger partial charge is 0.394 e. The van der Waals surface area contributed by atoms with Crippen LogP contribution in [0.3, 0.4) is 0 Å². The number of hydrogen-bond acceptors (Lipinski definition) is 5. The molecule has 0 aliphatic heterocycles. The van der Waals surface area contributed by atoms with E-state index in [1.54, 1.807) is 13.8 Å². The summed E-state index contributed by atoms with van der Waals surface area (Å²) >= 11 is 3.05. The summed E-state index contributed by atoms with van der Waals surface area (Å²) in [6.07, 6.45) is 0. The van der Waals surface area contributed by atoms with Crippen LogP contribution in [0.4, 0.5) is 0 Å². The summed E-state index contributed by atoms with van der Waals surface area (Å²) in [4.78, 5) is 0. The Balaban J connectivity index is 3.31. The SMILES string of the molecule is CN(C(C)(C)CO)S(=O)(=O)c1c(Br)nnn1C. The van der Waals surface area contributed by atoms with Crippen molar-refractivity contribution < 1.29 is 13.5 Å². The van der Waals surface area contributed by atoms with E-state index in [1.165, 1.54) is 18.8 Å². The molecule has 0 atom stereocenters. The van der Waals surface area contributed by atoms with Gasteiger partial charge in [-0.05, 0) is 29.8 Å². The molecule has 1 N–H and O–H groups in total. The lowest BCUT2D eigenvalue weighted by Gasteiger charge is -2.32. The topological polar surface area (TPSA) is 88.3 Å². The minimum absolute atomic E-state index is 0.0403. The van der Waals surface area contributed by atoms with E-state index in [1.807, 2.05) is 0 Å². The van der Waals surface area contributed by atoms with E-state index in [0.29, 0.717) is 0 Å². The third-order valence-electron chi connectivity index (χ3n) is 2.58. The number of aliphatic hydroxyl groups excluding tert-OH is 1. The van der Waals surface area contributed by atoms with E-state index < -0.39 is 15.6 Å². The number of aryl methyl sites for hydroxylation is 1. The van der Waals surface area contributed by atoms with Gasteiger partial charge >= 0.3 is 0 Å². The molecule has 0 aromatic carbocycles. The van der Waals surface area contributed by atoms with E-state index in [0.717, 1.165) is 4.31 Å². The Kier molecular flexibility index (Phi) is 3.97. The number of aromatic nitrogens is 3. The van der Waals surface area contributed by atoms with Crippen LogP contribution in [-0.4, -0.2) is 52.0 Å². The van der Waals surface area contributed by atoms with Crippen molar-refractivity contribution in [3.05, 3.63) is 4.60 Å². The zero-order chi connectivity index (χ0) is 13.4. The quantitative estimate of drug-likeness (QED) is 0.839. The van der Waals surface area contributed by atoms with Crippen molar-refractivity contribution in [3.63, 3.8) is 0 Å². The highest BCUT2D eigenvalue weighted by Crippen LogP contribution is 2.26. The highest BCUT2D eigenvalue weighted by atomic mass is 79.9. The Hall–Kier alpha value is -0.510. The Morgan fingerprint density at radius 2 is 2.06 bits per heavy atom. The zero-order valence-corrected chi connectivity index (χ0v) is 12.4. The first-order valence-corrected chi connectivity index (χ1v) is 7.03. The highest BCUT2D eigenvalue weighted by molar-refractivity contribution is 9.10. The van der Waals surface area contributed by atoms with Gasteiger partial charge in [0.1, 0.15) is 0 Å². The van der Waals surface area contributed by atoms with Crippen molar-refractivity contribution in [2.45, 2.75) is 24.4 Å². The average Bonchev–Trinajstić information content (AvgIpc) is 2.57. The van der Waals surface area contributed by atoms with E-state index in [9.17, 15) is 13.5 Å². The van der Waals surface area contributed by atoms with Crippen molar-refractivity contribution in [2.75, 3.05) is 13.7 Å². The van der Waals surface area contributed by atoms with Crippen molar-refractivity contribution in [1.29, 1.82) is 0 Å². The van der Waals surface area contributed by atoms with E-state index in [4.69, 9.17) is 0 Å². The average molecular weight is 327 g/mol. The van der Waals surface area contributed by atoms with Crippen molar-refractivity contribution in [1.82, 2.24) is 19.3 Å². The maximum atomic E-state index is 12.3. The van der Waals surface area contributed by atoms with Gasteiger partial charge in [-0.1, -0.05) is 5.21 Å². The lowest BCUT2D eigenvalue weighted by molar-refractivity contribution is 0.137. The van der Waals surface area contributed by atoms with Gasteiger partial charge in [-0.3, -0.25) is 0 Å². The molecule has 98 valence electrons. The molecule has 0 aliphatic carbocycles. The Morgan fingerprint density at radius 1 is 1.53 bits per heavy atom. The predicted molar refractivity (Wildman–Crippen MR) is 64.8 cm³/mol. The third-order valence-corrected chi connectivity index (χ3v) is 5.54. The molecule has 0 amide bonds. The number of nitrogens with zero attached hydrogens (tertiary/aromatic N) is 4. The Labute approximate surface area is 109 Å². The molecule has 1 aromatic rings. The summed E-state index contributed by atoms with van der Waals surface area (Å²) in [5.41, 5.74) is -0.900. The fraction of sp³-hybridized carbons (Fsp3) is 0.750. The van der Waals surface area contributed by atoms with Crippen molar-refractivity contribution >= 4 is 26.0 Å². The zero-order valence-electron chi connectivity index (χ0n) is 10.0. The second kappa shape index (κ2) is 4.63. The molecule has 0 saturated carbocycles. The summed E-state index contributed by atoms with van der Waals surface area (Å²) in [5.74, 6) is 0. The molecule has 9 heteroatoms. The van der Waals surface area contributed by atoms with E-state index >= 15 is 0 Å². The van der Waals surface area contributed by atoms with Gasteiger partial charge in [0.15, 0.2) is 4.60 Å². The molecule has 0 aliphatic rings. The fourth-order valence-electron chi connectivity index (χ4n) is 1.15. The van der Waals surface area contributed by atoms with E-state index in [-0.39, 0.29) is 16.2 Å². The first-order valence-electron chi connectivity index (χ1n) is 4.79. The van der Waals surface area contributed by atoms with Gasteiger partial charge in [0.2, 0.25) is 5.03 Å². The molecule has 1 heterocycles. The standard InChI is InChI=1S/C8H15BrN4O3S/c1-8(2,5-14)13(4)17(15,16)7-6(9)10-11-12(7)3/h14H,5H2,1-4H3. The molecule has 0 unspecified atom stereocenters. The Morgan fingerprint density at radius 3 is 2.41 bits per heavy atom. The lowest BCUT2D eigenvalue weighted by Crippen LogP contribution is -2.48. The number of aliphatic hydroxyl groups is 1.